The maximum absolute atomic E-state index is 12.2. The Kier molecular flexibility index (Phi) is 5.19. The van der Waals surface area contributed by atoms with E-state index in [0.29, 0.717) is 12.2 Å². The van der Waals surface area contributed by atoms with E-state index in [2.05, 4.69) is 33.2 Å². The van der Waals surface area contributed by atoms with Gasteiger partial charge in [-0.15, -0.1) is 0 Å². The number of benzene rings is 1. The van der Waals surface area contributed by atoms with E-state index in [4.69, 9.17) is 0 Å². The van der Waals surface area contributed by atoms with Crippen LogP contribution in [0.4, 0.5) is 0 Å². The van der Waals surface area contributed by atoms with Gasteiger partial charge in [0.15, 0.2) is 0 Å². The van der Waals surface area contributed by atoms with Crippen LogP contribution in [0.1, 0.15) is 17.4 Å². The molecule has 0 saturated heterocycles. The normalized spacial score (nSPS) is 12.2. The Labute approximate surface area is 132 Å². The van der Waals surface area contributed by atoms with Gasteiger partial charge >= 0.3 is 0 Å². The summed E-state index contributed by atoms with van der Waals surface area (Å²) in [6.07, 6.45) is 1.90. The van der Waals surface area contributed by atoms with E-state index in [1.54, 1.807) is 0 Å². The van der Waals surface area contributed by atoms with Crippen molar-refractivity contribution in [1.82, 2.24) is 15.2 Å². The van der Waals surface area contributed by atoms with E-state index in [9.17, 15) is 4.79 Å². The van der Waals surface area contributed by atoms with Crippen LogP contribution >= 0.6 is 22.6 Å². The minimum absolute atomic E-state index is 0.0593. The van der Waals surface area contributed by atoms with Crippen LogP contribution in [0.3, 0.4) is 0 Å². The number of aromatic nitrogens is 1. The molecule has 0 fully saturated rings. The second-order valence-electron chi connectivity index (χ2n) is 4.64. The molecule has 1 aromatic heterocycles. The molecule has 1 unspecified atom stereocenters. The van der Waals surface area contributed by atoms with Gasteiger partial charge in [0, 0.05) is 28.0 Å². The van der Waals surface area contributed by atoms with Crippen LogP contribution in [0.5, 0.6) is 0 Å². The van der Waals surface area contributed by atoms with Crippen molar-refractivity contribution in [3.8, 4) is 5.69 Å². The zero-order valence-corrected chi connectivity index (χ0v) is 13.7. The maximum atomic E-state index is 12.2. The number of nitrogens with zero attached hydrogens (tertiary/aromatic N) is 1. The Bertz CT molecular complexity index is 594. The van der Waals surface area contributed by atoms with Gasteiger partial charge in [0.25, 0.3) is 5.91 Å². The number of halogens is 1. The lowest BCUT2D eigenvalue weighted by Crippen LogP contribution is -2.37. The monoisotopic (exact) mass is 383 g/mol. The van der Waals surface area contributed by atoms with E-state index in [1.165, 1.54) is 0 Å². The minimum Gasteiger partial charge on any atom is -0.349 e. The molecule has 5 heteroatoms. The molecule has 2 aromatic rings. The van der Waals surface area contributed by atoms with Gasteiger partial charge < -0.3 is 15.2 Å². The average Bonchev–Trinajstić information content (AvgIpc) is 2.93. The van der Waals surface area contributed by atoms with Gasteiger partial charge in [-0.05, 0) is 66.9 Å². The fourth-order valence-electron chi connectivity index (χ4n) is 1.86. The highest BCUT2D eigenvalue weighted by atomic mass is 127. The molecule has 1 amide bonds. The first-order chi connectivity index (χ1) is 9.61. The summed E-state index contributed by atoms with van der Waals surface area (Å²) in [5.41, 5.74) is 1.64. The van der Waals surface area contributed by atoms with Crippen LogP contribution in [-0.2, 0) is 0 Å². The second-order valence-corrected chi connectivity index (χ2v) is 5.89. The Morgan fingerprint density at radius 1 is 1.35 bits per heavy atom. The van der Waals surface area contributed by atoms with Gasteiger partial charge in [0.2, 0.25) is 0 Å². The van der Waals surface area contributed by atoms with Crippen LogP contribution in [0, 0.1) is 3.57 Å². The Hall–Kier alpha value is -1.34. The molecule has 1 aromatic carbocycles. The van der Waals surface area contributed by atoms with Crippen molar-refractivity contribution in [1.29, 1.82) is 0 Å². The summed E-state index contributed by atoms with van der Waals surface area (Å²) in [5, 5.41) is 6.03. The van der Waals surface area contributed by atoms with E-state index < -0.39 is 0 Å². The van der Waals surface area contributed by atoms with Crippen LogP contribution in [0.15, 0.2) is 42.6 Å². The number of hydrogen-bond donors (Lipinski definition) is 2. The number of likely N-dealkylation sites (N-methyl/N-ethyl adjacent to an activating group) is 1. The highest BCUT2D eigenvalue weighted by Crippen LogP contribution is 2.15. The zero-order chi connectivity index (χ0) is 14.5. The fraction of sp³-hybridized carbons (Fsp3) is 0.267. The zero-order valence-electron chi connectivity index (χ0n) is 11.6. The first kappa shape index (κ1) is 15.1. The summed E-state index contributed by atoms with van der Waals surface area (Å²) in [6, 6.07) is 12.0. The summed E-state index contributed by atoms with van der Waals surface area (Å²) in [7, 11) is 1.88. The first-order valence-electron chi connectivity index (χ1n) is 6.50. The van der Waals surface area contributed by atoms with Gasteiger partial charge in [-0.25, -0.2) is 0 Å². The molecule has 4 nitrogen and oxygen atoms in total. The molecule has 1 heterocycles. The summed E-state index contributed by atoms with van der Waals surface area (Å²) in [6.45, 7) is 2.63. The smallest absolute Gasteiger partial charge is 0.268 e. The largest absolute Gasteiger partial charge is 0.349 e. The molecule has 0 spiro atoms. The number of nitrogens with one attached hydrogen (secondary N) is 2. The van der Waals surface area contributed by atoms with Crippen molar-refractivity contribution in [2.24, 2.45) is 0 Å². The highest BCUT2D eigenvalue weighted by molar-refractivity contribution is 14.1. The van der Waals surface area contributed by atoms with Gasteiger partial charge in [-0.2, -0.15) is 0 Å². The number of carbonyl (C=O) groups excluding carboxylic acids is 1. The van der Waals surface area contributed by atoms with Crippen molar-refractivity contribution in [2.45, 2.75) is 13.0 Å². The number of rotatable bonds is 5. The highest BCUT2D eigenvalue weighted by Gasteiger charge is 2.12. The van der Waals surface area contributed by atoms with Gasteiger partial charge in [0.1, 0.15) is 5.69 Å². The predicted octanol–water partition coefficient (Wildman–Crippen LogP) is 2.42. The quantitative estimate of drug-likeness (QED) is 0.780. The standard InChI is InChI=1S/C15H18IN3O/c1-11(17-2)10-18-15(20)14-7-4-8-19(14)13-6-3-5-12(16)9-13/h3-9,11,17H,10H2,1-2H3,(H,18,20). The molecular formula is C15H18IN3O. The summed E-state index contributed by atoms with van der Waals surface area (Å²) < 4.78 is 3.05. The van der Waals surface area contributed by atoms with E-state index in [-0.39, 0.29) is 11.9 Å². The topological polar surface area (TPSA) is 46.1 Å². The van der Waals surface area contributed by atoms with Crippen molar-refractivity contribution < 1.29 is 4.79 Å². The molecule has 0 saturated carbocycles. The van der Waals surface area contributed by atoms with Gasteiger partial charge in [-0.1, -0.05) is 6.07 Å². The molecule has 0 aliphatic carbocycles. The average molecular weight is 383 g/mol. The van der Waals surface area contributed by atoms with Crippen LogP contribution in [0.2, 0.25) is 0 Å². The Morgan fingerprint density at radius 2 is 2.15 bits per heavy atom. The maximum Gasteiger partial charge on any atom is 0.268 e. The van der Waals surface area contributed by atoms with Crippen molar-refractivity contribution in [3.05, 3.63) is 51.9 Å². The van der Waals surface area contributed by atoms with Crippen LogP contribution in [0.25, 0.3) is 5.69 Å². The van der Waals surface area contributed by atoms with Gasteiger partial charge in [-0.3, -0.25) is 4.79 Å². The summed E-state index contributed by atoms with van der Waals surface area (Å²) >= 11 is 2.27. The minimum atomic E-state index is -0.0593. The number of carbonyl (C=O) groups is 1. The lowest BCUT2D eigenvalue weighted by Gasteiger charge is -2.13. The summed E-state index contributed by atoms with van der Waals surface area (Å²) in [4.78, 5) is 12.2. The van der Waals surface area contributed by atoms with Gasteiger partial charge in [0.05, 0.1) is 0 Å². The number of hydrogen-bond acceptors (Lipinski definition) is 2. The molecule has 2 N–H and O–H groups in total. The Balaban J connectivity index is 2.18. The molecule has 106 valence electrons. The lowest BCUT2D eigenvalue weighted by molar-refractivity contribution is 0.0944. The number of amides is 1. The third kappa shape index (κ3) is 3.61. The molecule has 20 heavy (non-hydrogen) atoms. The molecule has 1 atom stereocenters. The van der Waals surface area contributed by atoms with Crippen molar-refractivity contribution in [2.75, 3.05) is 13.6 Å². The molecule has 2 rings (SSSR count). The predicted molar refractivity (Wildman–Crippen MR) is 89.3 cm³/mol. The molecule has 0 aliphatic rings. The fourth-order valence-corrected chi connectivity index (χ4v) is 2.38. The second kappa shape index (κ2) is 6.90. The molecule has 0 bridgehead atoms. The van der Waals surface area contributed by atoms with E-state index in [1.807, 2.05) is 61.1 Å². The summed E-state index contributed by atoms with van der Waals surface area (Å²) in [5.74, 6) is -0.0593. The van der Waals surface area contributed by atoms with Crippen molar-refractivity contribution >= 4 is 28.5 Å². The van der Waals surface area contributed by atoms with Crippen LogP contribution < -0.4 is 10.6 Å². The third-order valence-corrected chi connectivity index (χ3v) is 3.80. The van der Waals surface area contributed by atoms with E-state index in [0.717, 1.165) is 9.26 Å². The van der Waals surface area contributed by atoms with Crippen molar-refractivity contribution in [3.63, 3.8) is 0 Å². The van der Waals surface area contributed by atoms with E-state index >= 15 is 0 Å². The first-order valence-corrected chi connectivity index (χ1v) is 7.58. The lowest BCUT2D eigenvalue weighted by atomic mass is 10.3. The molecule has 0 radical (unpaired) electrons. The van der Waals surface area contributed by atoms with Crippen LogP contribution in [-0.4, -0.2) is 30.1 Å². The Morgan fingerprint density at radius 3 is 2.85 bits per heavy atom. The molecule has 0 aliphatic heterocycles. The SMILES string of the molecule is CNC(C)CNC(=O)c1cccn1-c1cccc(I)c1. The third-order valence-electron chi connectivity index (χ3n) is 3.13. The molecular weight excluding hydrogens is 365 g/mol.